The Kier molecular flexibility index (Phi) is 1.88. The molecule has 0 amide bonds. The van der Waals surface area contributed by atoms with E-state index in [1.807, 2.05) is 0 Å². The molecule has 0 aliphatic carbocycles. The van der Waals surface area contributed by atoms with E-state index in [1.165, 1.54) is 23.0 Å². The summed E-state index contributed by atoms with van der Waals surface area (Å²) in [5.41, 5.74) is 0.0920. The molecule has 0 atom stereocenters. The molecule has 0 fully saturated rings. The zero-order chi connectivity index (χ0) is 9.42. The Morgan fingerprint density at radius 1 is 1.46 bits per heavy atom. The van der Waals surface area contributed by atoms with Gasteiger partial charge in [-0.15, -0.1) is 0 Å². The van der Waals surface area contributed by atoms with Gasteiger partial charge in [-0.2, -0.15) is 5.10 Å². The summed E-state index contributed by atoms with van der Waals surface area (Å²) in [5.74, 6) is 0. The zero-order valence-corrected chi connectivity index (χ0v) is 7.04. The Labute approximate surface area is 77.0 Å². The van der Waals surface area contributed by atoms with Crippen molar-refractivity contribution < 1.29 is 8.78 Å². The van der Waals surface area contributed by atoms with Gasteiger partial charge in [-0.3, -0.25) is 0 Å². The summed E-state index contributed by atoms with van der Waals surface area (Å²) >= 11 is 5.66. The van der Waals surface area contributed by atoms with Gasteiger partial charge >= 0.3 is 0 Å². The number of hydrogen-bond donors (Lipinski definition) is 0. The fraction of sp³-hybridized carbons (Fsp3) is 0.143. The van der Waals surface area contributed by atoms with Crippen LogP contribution in [-0.2, 0) is 0 Å². The predicted octanol–water partition coefficient (Wildman–Crippen LogP) is 2.32. The molecule has 2 aromatic rings. The minimum Gasteiger partial charge on any atom is -0.241 e. The van der Waals surface area contributed by atoms with Crippen LogP contribution in [0.15, 0.2) is 18.5 Å². The van der Waals surface area contributed by atoms with E-state index >= 15 is 0 Å². The van der Waals surface area contributed by atoms with Crippen LogP contribution in [0.2, 0.25) is 5.15 Å². The van der Waals surface area contributed by atoms with Crippen LogP contribution in [0, 0.1) is 0 Å². The molecule has 0 unspecified atom stereocenters. The Hall–Kier alpha value is -1.23. The largest absolute Gasteiger partial charge is 0.282 e. The standard InChI is InChI=1S/C7H4ClF2N3/c8-6-5-3-4(7(9)10)12-13(5)2-1-11-6/h1-3,7H. The monoisotopic (exact) mass is 203 g/mol. The van der Waals surface area contributed by atoms with Gasteiger partial charge in [-0.1, -0.05) is 11.6 Å². The van der Waals surface area contributed by atoms with Crippen LogP contribution in [0.5, 0.6) is 0 Å². The number of fused-ring (bicyclic) bond motifs is 1. The van der Waals surface area contributed by atoms with Crippen molar-refractivity contribution >= 4 is 17.1 Å². The van der Waals surface area contributed by atoms with Crippen molar-refractivity contribution in [3.05, 3.63) is 29.3 Å². The molecule has 0 radical (unpaired) electrons. The molecule has 0 aromatic carbocycles. The van der Waals surface area contributed by atoms with Gasteiger partial charge < -0.3 is 0 Å². The molecule has 0 saturated heterocycles. The van der Waals surface area contributed by atoms with Crippen LogP contribution < -0.4 is 0 Å². The summed E-state index contributed by atoms with van der Waals surface area (Å²) in [6.45, 7) is 0. The van der Waals surface area contributed by atoms with Crippen molar-refractivity contribution in [2.45, 2.75) is 6.43 Å². The molecule has 0 saturated carbocycles. The number of rotatable bonds is 1. The molecular formula is C7H4ClF2N3. The lowest BCUT2D eigenvalue weighted by atomic mass is 10.4. The molecule has 2 heterocycles. The second-order valence-corrected chi connectivity index (χ2v) is 2.78. The second kappa shape index (κ2) is 2.92. The van der Waals surface area contributed by atoms with Crippen molar-refractivity contribution in [1.29, 1.82) is 0 Å². The number of hydrogen-bond acceptors (Lipinski definition) is 2. The van der Waals surface area contributed by atoms with Gasteiger partial charge in [0.2, 0.25) is 0 Å². The lowest BCUT2D eigenvalue weighted by Gasteiger charge is -1.91. The van der Waals surface area contributed by atoms with E-state index in [9.17, 15) is 8.78 Å². The number of alkyl halides is 2. The van der Waals surface area contributed by atoms with Gasteiger partial charge in [-0.25, -0.2) is 18.3 Å². The first-order valence-corrected chi connectivity index (χ1v) is 3.84. The molecule has 0 aliphatic heterocycles. The van der Waals surface area contributed by atoms with E-state index in [0.29, 0.717) is 5.52 Å². The summed E-state index contributed by atoms with van der Waals surface area (Å²) in [6.07, 6.45) is 0.279. The maximum Gasteiger partial charge on any atom is 0.282 e. The summed E-state index contributed by atoms with van der Waals surface area (Å²) in [5, 5.41) is 3.78. The Morgan fingerprint density at radius 3 is 2.85 bits per heavy atom. The minimum absolute atomic E-state index is 0.168. The van der Waals surface area contributed by atoms with E-state index in [0.717, 1.165) is 0 Å². The minimum atomic E-state index is -2.59. The molecule has 3 nitrogen and oxygen atoms in total. The van der Waals surface area contributed by atoms with E-state index in [2.05, 4.69) is 10.1 Å². The SMILES string of the molecule is FC(F)c1cc2c(Cl)nccn2n1. The van der Waals surface area contributed by atoms with Crippen LogP contribution >= 0.6 is 11.6 Å². The maximum atomic E-state index is 12.2. The highest BCUT2D eigenvalue weighted by atomic mass is 35.5. The first-order chi connectivity index (χ1) is 6.18. The van der Waals surface area contributed by atoms with Crippen LogP contribution in [0.1, 0.15) is 12.1 Å². The first kappa shape index (κ1) is 8.37. The van der Waals surface area contributed by atoms with E-state index in [1.54, 1.807) is 0 Å². The lowest BCUT2D eigenvalue weighted by Crippen LogP contribution is -1.89. The molecule has 2 aromatic heterocycles. The quantitative estimate of drug-likeness (QED) is 0.712. The van der Waals surface area contributed by atoms with Crippen molar-refractivity contribution in [1.82, 2.24) is 14.6 Å². The van der Waals surface area contributed by atoms with Crippen LogP contribution in [0.3, 0.4) is 0 Å². The van der Waals surface area contributed by atoms with Gasteiger partial charge in [0.1, 0.15) is 11.2 Å². The fourth-order valence-corrected chi connectivity index (χ4v) is 1.21. The number of aromatic nitrogens is 3. The highest BCUT2D eigenvalue weighted by molar-refractivity contribution is 6.32. The number of halogens is 3. The van der Waals surface area contributed by atoms with Gasteiger partial charge in [0.05, 0.1) is 0 Å². The molecule has 13 heavy (non-hydrogen) atoms. The fourth-order valence-electron chi connectivity index (χ4n) is 1.02. The zero-order valence-electron chi connectivity index (χ0n) is 6.28. The van der Waals surface area contributed by atoms with Crippen LogP contribution in [0.4, 0.5) is 8.78 Å². The molecule has 2 rings (SSSR count). The third-order valence-corrected chi connectivity index (χ3v) is 1.88. The van der Waals surface area contributed by atoms with Gasteiger partial charge in [0.15, 0.2) is 5.15 Å². The lowest BCUT2D eigenvalue weighted by molar-refractivity contribution is 0.145. The summed E-state index contributed by atoms with van der Waals surface area (Å²) in [7, 11) is 0. The predicted molar refractivity (Wildman–Crippen MR) is 43.0 cm³/mol. The summed E-state index contributed by atoms with van der Waals surface area (Å²) in [4.78, 5) is 3.74. The summed E-state index contributed by atoms with van der Waals surface area (Å²) < 4.78 is 25.7. The summed E-state index contributed by atoms with van der Waals surface area (Å²) in [6, 6.07) is 1.22. The van der Waals surface area contributed by atoms with Crippen molar-refractivity contribution in [3.63, 3.8) is 0 Å². The Balaban J connectivity index is 2.68. The highest BCUT2D eigenvalue weighted by Crippen LogP contribution is 2.21. The van der Waals surface area contributed by atoms with Crippen molar-refractivity contribution in [2.24, 2.45) is 0 Å². The van der Waals surface area contributed by atoms with Crippen LogP contribution in [0.25, 0.3) is 5.52 Å². The Morgan fingerprint density at radius 2 is 2.23 bits per heavy atom. The second-order valence-electron chi connectivity index (χ2n) is 2.42. The van der Waals surface area contributed by atoms with Crippen molar-refractivity contribution in [2.75, 3.05) is 0 Å². The molecule has 0 bridgehead atoms. The highest BCUT2D eigenvalue weighted by Gasteiger charge is 2.13. The maximum absolute atomic E-state index is 12.2. The molecule has 0 N–H and O–H groups in total. The first-order valence-electron chi connectivity index (χ1n) is 3.46. The van der Waals surface area contributed by atoms with Crippen LogP contribution in [-0.4, -0.2) is 14.6 Å². The third-order valence-electron chi connectivity index (χ3n) is 1.59. The molecule has 0 aliphatic rings. The molecule has 68 valence electrons. The Bertz CT molecular complexity index is 440. The average Bonchev–Trinajstić information content (AvgIpc) is 2.49. The van der Waals surface area contributed by atoms with E-state index < -0.39 is 6.43 Å². The number of nitrogens with zero attached hydrogens (tertiary/aromatic N) is 3. The van der Waals surface area contributed by atoms with Gasteiger partial charge in [0.25, 0.3) is 6.43 Å². The average molecular weight is 204 g/mol. The molecule has 6 heteroatoms. The normalized spacial score (nSPS) is 11.4. The molecule has 0 spiro atoms. The van der Waals surface area contributed by atoms with E-state index in [-0.39, 0.29) is 10.8 Å². The third kappa shape index (κ3) is 1.35. The molecular weight excluding hydrogens is 200 g/mol. The van der Waals surface area contributed by atoms with Gasteiger partial charge in [-0.05, 0) is 6.07 Å². The smallest absolute Gasteiger partial charge is 0.241 e. The topological polar surface area (TPSA) is 30.2 Å². The van der Waals surface area contributed by atoms with Gasteiger partial charge in [0, 0.05) is 12.4 Å². The van der Waals surface area contributed by atoms with Crippen molar-refractivity contribution in [3.8, 4) is 0 Å². The van der Waals surface area contributed by atoms with E-state index in [4.69, 9.17) is 11.6 Å².